The van der Waals surface area contributed by atoms with Gasteiger partial charge in [0.25, 0.3) is 5.56 Å². The van der Waals surface area contributed by atoms with E-state index in [1.807, 2.05) is 36.4 Å². The molecule has 0 saturated heterocycles. The zero-order valence-corrected chi connectivity index (χ0v) is 18.2. The minimum absolute atomic E-state index is 0.160. The number of H-pyrrole nitrogens is 1. The van der Waals surface area contributed by atoms with Crippen molar-refractivity contribution in [3.63, 3.8) is 0 Å². The maximum absolute atomic E-state index is 12.7. The molecule has 0 spiro atoms. The lowest BCUT2D eigenvalue weighted by Crippen LogP contribution is -2.42. The molecule has 6 heteroatoms. The Labute approximate surface area is 182 Å². The van der Waals surface area contributed by atoms with Gasteiger partial charge >= 0.3 is 6.03 Å². The lowest BCUT2D eigenvalue weighted by molar-refractivity contribution is 0.205. The highest BCUT2D eigenvalue weighted by Gasteiger charge is 2.24. The molecule has 0 atom stereocenters. The summed E-state index contributed by atoms with van der Waals surface area (Å²) in [4.78, 5) is 34.7. The Morgan fingerprint density at radius 2 is 1.90 bits per heavy atom. The molecule has 1 aromatic heterocycles. The maximum atomic E-state index is 12.7. The highest BCUT2D eigenvalue weighted by Crippen LogP contribution is 2.19. The van der Waals surface area contributed by atoms with Crippen molar-refractivity contribution in [3.05, 3.63) is 92.7 Å². The summed E-state index contributed by atoms with van der Waals surface area (Å²) in [5.74, 6) is 1.11. The first-order chi connectivity index (χ1) is 14.9. The fraction of sp³-hybridized carbons (Fsp3) is 0.320. The highest BCUT2D eigenvalue weighted by molar-refractivity contribution is 5.89. The molecule has 160 valence electrons. The number of carbonyl (C=O) groups is 1. The summed E-state index contributed by atoms with van der Waals surface area (Å²) in [6.45, 7) is 7.12. The Kier molecular flexibility index (Phi) is 5.89. The van der Waals surface area contributed by atoms with E-state index in [9.17, 15) is 9.59 Å². The number of aromatic nitrogens is 2. The Hall–Kier alpha value is -3.41. The van der Waals surface area contributed by atoms with Crippen molar-refractivity contribution in [3.8, 4) is 0 Å². The second-order valence-electron chi connectivity index (χ2n) is 8.42. The smallest absolute Gasteiger partial charge is 0.320 e. The van der Waals surface area contributed by atoms with E-state index in [2.05, 4.69) is 43.2 Å². The van der Waals surface area contributed by atoms with Crippen LogP contribution in [-0.4, -0.2) is 27.4 Å². The summed E-state index contributed by atoms with van der Waals surface area (Å²) in [6.07, 6.45) is 1.16. The van der Waals surface area contributed by atoms with Crippen molar-refractivity contribution in [2.24, 2.45) is 0 Å². The number of carbonyl (C=O) groups excluding carboxylic acids is 1. The molecule has 1 aliphatic rings. The van der Waals surface area contributed by atoms with Crippen molar-refractivity contribution in [1.82, 2.24) is 14.9 Å². The topological polar surface area (TPSA) is 78.1 Å². The number of hydrogen-bond donors (Lipinski definition) is 2. The van der Waals surface area contributed by atoms with Gasteiger partial charge < -0.3 is 15.2 Å². The summed E-state index contributed by atoms with van der Waals surface area (Å²) in [5, 5.41) is 2.93. The third-order valence-electron chi connectivity index (χ3n) is 5.85. The van der Waals surface area contributed by atoms with E-state index in [1.165, 1.54) is 11.1 Å². The molecule has 3 aromatic rings. The fourth-order valence-electron chi connectivity index (χ4n) is 3.88. The predicted molar refractivity (Wildman–Crippen MR) is 123 cm³/mol. The molecule has 6 nitrogen and oxygen atoms in total. The SMILES string of the molecule is Cc1ccccc1Cc1nc2c(c(=O)[nH]1)CN(C(=O)Nc1ccc(C(C)C)cc1)CC2. The van der Waals surface area contributed by atoms with Gasteiger partial charge in [0.05, 0.1) is 17.8 Å². The summed E-state index contributed by atoms with van der Waals surface area (Å²) < 4.78 is 0. The van der Waals surface area contributed by atoms with Crippen LogP contribution in [0, 0.1) is 6.92 Å². The number of hydrogen-bond acceptors (Lipinski definition) is 3. The second-order valence-corrected chi connectivity index (χ2v) is 8.42. The predicted octanol–water partition coefficient (Wildman–Crippen LogP) is 4.38. The first-order valence-electron chi connectivity index (χ1n) is 10.7. The largest absolute Gasteiger partial charge is 0.322 e. The quantitative estimate of drug-likeness (QED) is 0.662. The lowest BCUT2D eigenvalue weighted by atomic mass is 10.0. The van der Waals surface area contributed by atoms with Gasteiger partial charge in [-0.3, -0.25) is 4.79 Å². The Morgan fingerprint density at radius 1 is 1.16 bits per heavy atom. The Balaban J connectivity index is 1.46. The van der Waals surface area contributed by atoms with Crippen LogP contribution in [0.1, 0.15) is 53.5 Å². The molecule has 2 N–H and O–H groups in total. The first-order valence-corrected chi connectivity index (χ1v) is 10.7. The number of benzene rings is 2. The number of aromatic amines is 1. The summed E-state index contributed by atoms with van der Waals surface area (Å²) in [5.41, 5.74) is 5.50. The standard InChI is InChI=1S/C25H28N4O2/c1-16(2)18-8-10-20(11-9-18)26-25(31)29-13-12-22-21(15-29)24(30)28-23(27-22)14-19-7-5-4-6-17(19)3/h4-11,16H,12-15H2,1-3H3,(H,26,31)(H,27,28,30). The molecule has 0 fully saturated rings. The van der Waals surface area contributed by atoms with Gasteiger partial charge in [-0.1, -0.05) is 50.2 Å². The number of amides is 2. The molecule has 2 aromatic carbocycles. The van der Waals surface area contributed by atoms with E-state index in [1.54, 1.807) is 4.90 Å². The summed E-state index contributed by atoms with van der Waals surface area (Å²) in [7, 11) is 0. The van der Waals surface area contributed by atoms with Crippen LogP contribution in [0.2, 0.25) is 0 Å². The van der Waals surface area contributed by atoms with Gasteiger partial charge in [-0.15, -0.1) is 0 Å². The molecule has 1 aliphatic heterocycles. The maximum Gasteiger partial charge on any atom is 0.322 e. The molecule has 0 radical (unpaired) electrons. The fourth-order valence-corrected chi connectivity index (χ4v) is 3.88. The van der Waals surface area contributed by atoms with E-state index in [-0.39, 0.29) is 18.1 Å². The van der Waals surface area contributed by atoms with Crippen LogP contribution in [0.25, 0.3) is 0 Å². The van der Waals surface area contributed by atoms with Crippen LogP contribution in [0.4, 0.5) is 10.5 Å². The molecule has 0 bridgehead atoms. The van der Waals surface area contributed by atoms with Gasteiger partial charge in [-0.05, 0) is 41.7 Å². The van der Waals surface area contributed by atoms with Crippen LogP contribution in [-0.2, 0) is 19.4 Å². The molecule has 2 amide bonds. The van der Waals surface area contributed by atoms with Gasteiger partial charge in [0.15, 0.2) is 0 Å². The summed E-state index contributed by atoms with van der Waals surface area (Å²) in [6, 6.07) is 15.8. The average molecular weight is 417 g/mol. The molecular formula is C25H28N4O2. The minimum atomic E-state index is -0.202. The van der Waals surface area contributed by atoms with Crippen molar-refractivity contribution in [1.29, 1.82) is 0 Å². The summed E-state index contributed by atoms with van der Waals surface area (Å²) >= 11 is 0. The third-order valence-corrected chi connectivity index (χ3v) is 5.85. The van der Waals surface area contributed by atoms with E-state index < -0.39 is 0 Å². The number of fused-ring (bicyclic) bond motifs is 1. The van der Waals surface area contributed by atoms with E-state index in [0.717, 1.165) is 16.9 Å². The van der Waals surface area contributed by atoms with E-state index in [4.69, 9.17) is 4.98 Å². The zero-order chi connectivity index (χ0) is 22.0. The first kappa shape index (κ1) is 20.8. The normalized spacial score (nSPS) is 13.2. The molecule has 31 heavy (non-hydrogen) atoms. The van der Waals surface area contributed by atoms with Crippen LogP contribution in [0.3, 0.4) is 0 Å². The van der Waals surface area contributed by atoms with Gasteiger partial charge in [0.1, 0.15) is 5.82 Å². The van der Waals surface area contributed by atoms with E-state index in [0.29, 0.717) is 36.7 Å². The lowest BCUT2D eigenvalue weighted by Gasteiger charge is -2.28. The number of aryl methyl sites for hydroxylation is 1. The Bertz CT molecular complexity index is 1150. The van der Waals surface area contributed by atoms with Crippen LogP contribution in [0.5, 0.6) is 0 Å². The van der Waals surface area contributed by atoms with Crippen LogP contribution in [0.15, 0.2) is 53.3 Å². The number of anilines is 1. The minimum Gasteiger partial charge on any atom is -0.320 e. The van der Waals surface area contributed by atoms with Gasteiger partial charge in [0.2, 0.25) is 0 Å². The number of urea groups is 1. The number of nitrogens with zero attached hydrogens (tertiary/aromatic N) is 2. The van der Waals surface area contributed by atoms with Crippen molar-refractivity contribution < 1.29 is 4.79 Å². The van der Waals surface area contributed by atoms with E-state index >= 15 is 0 Å². The molecule has 4 rings (SSSR count). The monoisotopic (exact) mass is 416 g/mol. The molecule has 0 saturated carbocycles. The van der Waals surface area contributed by atoms with Crippen LogP contribution < -0.4 is 10.9 Å². The zero-order valence-electron chi connectivity index (χ0n) is 18.2. The number of nitrogens with one attached hydrogen (secondary N) is 2. The third kappa shape index (κ3) is 4.68. The van der Waals surface area contributed by atoms with Crippen LogP contribution >= 0.6 is 0 Å². The molecule has 0 unspecified atom stereocenters. The van der Waals surface area contributed by atoms with Gasteiger partial charge in [0, 0.05) is 25.1 Å². The molecular weight excluding hydrogens is 388 g/mol. The molecule has 0 aliphatic carbocycles. The van der Waals surface area contributed by atoms with Crippen molar-refractivity contribution in [2.45, 2.75) is 46.1 Å². The number of rotatable bonds is 4. The van der Waals surface area contributed by atoms with Gasteiger partial charge in [-0.25, -0.2) is 9.78 Å². The van der Waals surface area contributed by atoms with Crippen molar-refractivity contribution in [2.75, 3.05) is 11.9 Å². The van der Waals surface area contributed by atoms with Gasteiger partial charge in [-0.2, -0.15) is 0 Å². The Morgan fingerprint density at radius 3 is 2.61 bits per heavy atom. The molecule has 2 heterocycles. The highest BCUT2D eigenvalue weighted by atomic mass is 16.2. The second kappa shape index (κ2) is 8.76. The van der Waals surface area contributed by atoms with Crippen molar-refractivity contribution >= 4 is 11.7 Å². The average Bonchev–Trinajstić information content (AvgIpc) is 2.75.